The lowest BCUT2D eigenvalue weighted by atomic mass is 10.1. The smallest absolute Gasteiger partial charge is 0.264 e. The van der Waals surface area contributed by atoms with E-state index in [1.807, 2.05) is 6.92 Å². The molecule has 0 atom stereocenters. The highest BCUT2D eigenvalue weighted by atomic mass is 32.2. The molecule has 0 saturated carbocycles. The highest BCUT2D eigenvalue weighted by Crippen LogP contribution is 2.23. The Hall–Kier alpha value is -3.32. The van der Waals surface area contributed by atoms with Crippen LogP contribution in [0.3, 0.4) is 0 Å². The first-order valence-electron chi connectivity index (χ1n) is 9.00. The molecule has 1 amide bonds. The van der Waals surface area contributed by atoms with Crippen LogP contribution < -0.4 is 9.62 Å². The lowest BCUT2D eigenvalue weighted by Gasteiger charge is -2.20. The zero-order chi connectivity index (χ0) is 21.0. The van der Waals surface area contributed by atoms with Crippen LogP contribution in [0.1, 0.15) is 21.5 Å². The Kier molecular flexibility index (Phi) is 5.89. The van der Waals surface area contributed by atoms with Gasteiger partial charge in [0.1, 0.15) is 5.75 Å². The van der Waals surface area contributed by atoms with Crippen molar-refractivity contribution in [2.24, 2.45) is 0 Å². The molecule has 0 bridgehead atoms. The van der Waals surface area contributed by atoms with Crippen LogP contribution in [0.25, 0.3) is 0 Å². The van der Waals surface area contributed by atoms with Crippen molar-refractivity contribution >= 4 is 21.6 Å². The Balaban J connectivity index is 1.71. The van der Waals surface area contributed by atoms with Crippen molar-refractivity contribution in [2.75, 3.05) is 11.4 Å². The SMILES string of the molecule is Cc1ccc(S(=O)(=O)N(C)c2ccc(C(=O)NCc3ccccc3O)cc2)cc1. The molecular weight excluding hydrogens is 388 g/mol. The van der Waals surface area contributed by atoms with Crippen molar-refractivity contribution in [2.45, 2.75) is 18.4 Å². The molecule has 3 aromatic carbocycles. The highest BCUT2D eigenvalue weighted by molar-refractivity contribution is 7.92. The maximum atomic E-state index is 12.8. The second kappa shape index (κ2) is 8.36. The summed E-state index contributed by atoms with van der Waals surface area (Å²) < 4.78 is 26.7. The number of para-hydroxylation sites is 1. The predicted octanol–water partition coefficient (Wildman–Crippen LogP) is 3.46. The minimum absolute atomic E-state index is 0.117. The highest BCUT2D eigenvalue weighted by Gasteiger charge is 2.21. The van der Waals surface area contributed by atoms with Gasteiger partial charge in [-0.25, -0.2) is 8.42 Å². The molecule has 0 aromatic heterocycles. The Morgan fingerprint density at radius 3 is 2.21 bits per heavy atom. The van der Waals surface area contributed by atoms with Gasteiger partial charge in [-0.3, -0.25) is 9.10 Å². The van der Waals surface area contributed by atoms with E-state index in [2.05, 4.69) is 5.32 Å². The largest absolute Gasteiger partial charge is 0.508 e. The Morgan fingerprint density at radius 1 is 0.966 bits per heavy atom. The number of benzene rings is 3. The number of hydrogen-bond acceptors (Lipinski definition) is 4. The molecule has 0 aliphatic carbocycles. The number of nitrogens with zero attached hydrogens (tertiary/aromatic N) is 1. The normalized spacial score (nSPS) is 11.1. The van der Waals surface area contributed by atoms with Gasteiger partial charge in [-0.1, -0.05) is 35.9 Å². The molecule has 0 unspecified atom stereocenters. The van der Waals surface area contributed by atoms with Gasteiger partial charge in [0.25, 0.3) is 15.9 Å². The quantitative estimate of drug-likeness (QED) is 0.652. The molecule has 3 aromatic rings. The van der Waals surface area contributed by atoms with Gasteiger partial charge in [-0.15, -0.1) is 0 Å². The van der Waals surface area contributed by atoms with E-state index in [1.165, 1.54) is 11.4 Å². The average molecular weight is 410 g/mol. The number of hydrogen-bond donors (Lipinski definition) is 2. The van der Waals surface area contributed by atoms with Gasteiger partial charge in [0.2, 0.25) is 0 Å². The summed E-state index contributed by atoms with van der Waals surface area (Å²) in [7, 11) is -2.21. The van der Waals surface area contributed by atoms with Crippen molar-refractivity contribution in [3.63, 3.8) is 0 Å². The zero-order valence-corrected chi connectivity index (χ0v) is 17.0. The fourth-order valence-corrected chi connectivity index (χ4v) is 3.96. The molecule has 150 valence electrons. The van der Waals surface area contributed by atoms with E-state index in [0.717, 1.165) is 5.56 Å². The number of phenols is 1. The van der Waals surface area contributed by atoms with Gasteiger partial charge < -0.3 is 10.4 Å². The first kappa shape index (κ1) is 20.4. The van der Waals surface area contributed by atoms with Gasteiger partial charge in [0, 0.05) is 24.7 Å². The van der Waals surface area contributed by atoms with Crippen LogP contribution in [-0.2, 0) is 16.6 Å². The standard InChI is InChI=1S/C22H22N2O4S/c1-16-7-13-20(14-8-16)29(27,28)24(2)19-11-9-17(10-12-19)22(26)23-15-18-5-3-4-6-21(18)25/h3-14,25H,15H2,1-2H3,(H,23,26). The number of aromatic hydroxyl groups is 1. The van der Waals surface area contributed by atoms with Gasteiger partial charge >= 0.3 is 0 Å². The third kappa shape index (κ3) is 4.57. The molecule has 0 aliphatic heterocycles. The van der Waals surface area contributed by atoms with E-state index < -0.39 is 10.0 Å². The number of phenolic OH excluding ortho intramolecular Hbond substituents is 1. The van der Waals surface area contributed by atoms with Gasteiger partial charge in [0.15, 0.2) is 0 Å². The van der Waals surface area contributed by atoms with E-state index >= 15 is 0 Å². The number of amides is 1. The zero-order valence-electron chi connectivity index (χ0n) is 16.2. The third-order valence-corrected chi connectivity index (χ3v) is 6.40. The number of aryl methyl sites for hydroxylation is 1. The number of rotatable bonds is 6. The van der Waals surface area contributed by atoms with Crippen molar-refractivity contribution < 1.29 is 18.3 Å². The third-order valence-electron chi connectivity index (χ3n) is 4.60. The fraction of sp³-hybridized carbons (Fsp3) is 0.136. The maximum Gasteiger partial charge on any atom is 0.264 e. The number of anilines is 1. The maximum absolute atomic E-state index is 12.8. The fourth-order valence-electron chi connectivity index (χ4n) is 2.77. The van der Waals surface area contributed by atoms with Gasteiger partial charge in [-0.05, 0) is 49.4 Å². The van der Waals surface area contributed by atoms with E-state index in [1.54, 1.807) is 72.8 Å². The molecule has 0 fully saturated rings. The van der Waals surface area contributed by atoms with Crippen LogP contribution in [0.4, 0.5) is 5.69 Å². The minimum atomic E-state index is -3.69. The summed E-state index contributed by atoms with van der Waals surface area (Å²) >= 11 is 0. The first-order valence-corrected chi connectivity index (χ1v) is 10.4. The topological polar surface area (TPSA) is 86.7 Å². The summed E-state index contributed by atoms with van der Waals surface area (Å²) in [5, 5.41) is 12.5. The van der Waals surface area contributed by atoms with Crippen molar-refractivity contribution in [1.82, 2.24) is 5.32 Å². The first-order chi connectivity index (χ1) is 13.8. The molecule has 6 nitrogen and oxygen atoms in total. The van der Waals surface area contributed by atoms with Crippen LogP contribution in [0.15, 0.2) is 77.7 Å². The van der Waals surface area contributed by atoms with Gasteiger partial charge in [0.05, 0.1) is 10.6 Å². The van der Waals surface area contributed by atoms with Crippen LogP contribution in [0.5, 0.6) is 5.75 Å². The molecule has 0 radical (unpaired) electrons. The van der Waals surface area contributed by atoms with E-state index in [-0.39, 0.29) is 23.1 Å². The monoisotopic (exact) mass is 410 g/mol. The van der Waals surface area contributed by atoms with E-state index in [4.69, 9.17) is 0 Å². The summed E-state index contributed by atoms with van der Waals surface area (Å²) in [5.41, 5.74) is 2.43. The molecule has 0 heterocycles. The van der Waals surface area contributed by atoms with Gasteiger partial charge in [-0.2, -0.15) is 0 Å². The second-order valence-corrected chi connectivity index (χ2v) is 8.61. The Labute approximate surface area is 170 Å². The molecule has 29 heavy (non-hydrogen) atoms. The molecule has 7 heteroatoms. The van der Waals surface area contributed by atoms with E-state index in [9.17, 15) is 18.3 Å². The molecule has 0 aliphatic rings. The summed E-state index contributed by atoms with van der Waals surface area (Å²) in [6.45, 7) is 2.08. The molecular formula is C22H22N2O4S. The lowest BCUT2D eigenvalue weighted by Crippen LogP contribution is -2.27. The molecule has 2 N–H and O–H groups in total. The molecule has 0 saturated heterocycles. The predicted molar refractivity (Wildman–Crippen MR) is 112 cm³/mol. The number of nitrogens with one attached hydrogen (secondary N) is 1. The van der Waals surface area contributed by atoms with Crippen molar-refractivity contribution in [3.05, 3.63) is 89.5 Å². The molecule has 0 spiro atoms. The van der Waals surface area contributed by atoms with Crippen molar-refractivity contribution in [1.29, 1.82) is 0 Å². The summed E-state index contributed by atoms with van der Waals surface area (Å²) in [5.74, 6) is -0.199. The van der Waals surface area contributed by atoms with Crippen LogP contribution in [-0.4, -0.2) is 26.5 Å². The van der Waals surface area contributed by atoms with Crippen molar-refractivity contribution in [3.8, 4) is 5.75 Å². The Morgan fingerprint density at radius 2 is 1.59 bits per heavy atom. The second-order valence-electron chi connectivity index (χ2n) is 6.64. The number of carbonyl (C=O) groups excluding carboxylic acids is 1. The molecule has 3 rings (SSSR count). The van der Waals surface area contributed by atoms with Crippen LogP contribution in [0, 0.1) is 6.92 Å². The Bertz CT molecular complexity index is 1110. The summed E-state index contributed by atoms with van der Waals surface area (Å²) in [4.78, 5) is 12.5. The van der Waals surface area contributed by atoms with Crippen LogP contribution in [0.2, 0.25) is 0 Å². The average Bonchev–Trinajstić information content (AvgIpc) is 2.73. The van der Waals surface area contributed by atoms with E-state index in [0.29, 0.717) is 16.8 Å². The summed E-state index contributed by atoms with van der Waals surface area (Å²) in [6.07, 6.45) is 0. The van der Waals surface area contributed by atoms with Crippen LogP contribution >= 0.6 is 0 Å². The number of carbonyl (C=O) groups is 1. The summed E-state index contributed by atoms with van der Waals surface area (Å²) in [6, 6.07) is 19.7. The minimum Gasteiger partial charge on any atom is -0.508 e. The lowest BCUT2D eigenvalue weighted by molar-refractivity contribution is 0.0950. The number of sulfonamides is 1.